The fourth-order valence-electron chi connectivity index (χ4n) is 7.02. The smallest absolute Gasteiger partial charge is 0.422 e. The van der Waals surface area contributed by atoms with Crippen molar-refractivity contribution in [2.45, 2.75) is 66.3 Å². The summed E-state index contributed by atoms with van der Waals surface area (Å²) in [5, 5.41) is 0.179. The number of halogens is 1. The summed E-state index contributed by atoms with van der Waals surface area (Å²) >= 11 is 6.74. The molecule has 1 amide bonds. The summed E-state index contributed by atoms with van der Waals surface area (Å²) in [6.45, 7) is 12.2. The van der Waals surface area contributed by atoms with Crippen LogP contribution in [0.1, 0.15) is 65.6 Å². The average molecular weight is 830 g/mol. The first-order valence-corrected chi connectivity index (χ1v) is 20.4. The Hall–Kier alpha value is -6.17. The van der Waals surface area contributed by atoms with Crippen LogP contribution in [0.25, 0.3) is 5.76 Å². The van der Waals surface area contributed by atoms with Crippen LogP contribution in [0.4, 0.5) is 0 Å². The number of carbonyl (C=O) groups excluding carboxylic acids is 3. The van der Waals surface area contributed by atoms with Crippen LogP contribution >= 0.6 is 11.6 Å². The number of cyclic esters (lactones) is 1. The number of nitrogens with zero attached hydrogens (tertiary/aromatic N) is 3. The summed E-state index contributed by atoms with van der Waals surface area (Å²) < 4.78 is 29.1. The number of piperazine rings is 1. The van der Waals surface area contributed by atoms with Crippen molar-refractivity contribution < 1.29 is 38.1 Å². The Morgan fingerprint density at radius 1 is 0.800 bits per heavy atom. The Kier molecular flexibility index (Phi) is 13.2. The number of hydrogen-bond acceptors (Lipinski definition) is 10. The lowest BCUT2D eigenvalue weighted by molar-refractivity contribution is -0.179. The lowest BCUT2D eigenvalue weighted by Crippen LogP contribution is -2.56. The molecule has 2 aliphatic rings. The fourth-order valence-corrected chi connectivity index (χ4v) is 7.32. The minimum Gasteiger partial charge on any atom is -0.493 e. The van der Waals surface area contributed by atoms with E-state index in [2.05, 4.69) is 60.1 Å². The van der Waals surface area contributed by atoms with Crippen molar-refractivity contribution >= 4 is 35.2 Å². The topological polar surface area (TPSA) is 117 Å². The van der Waals surface area contributed by atoms with Gasteiger partial charge in [0.05, 0.1) is 29.9 Å². The number of aromatic nitrogens is 1. The molecular formula is C48H48ClN3O8. The van der Waals surface area contributed by atoms with Gasteiger partial charge in [0, 0.05) is 37.7 Å². The first-order valence-electron chi connectivity index (χ1n) is 20.0. The van der Waals surface area contributed by atoms with E-state index < -0.39 is 24.1 Å². The highest BCUT2D eigenvalue weighted by molar-refractivity contribution is 6.33. The number of rotatable bonds is 13. The first-order chi connectivity index (χ1) is 28.9. The predicted octanol–water partition coefficient (Wildman–Crippen LogP) is 8.97. The van der Waals surface area contributed by atoms with Crippen LogP contribution in [0, 0.1) is 13.8 Å². The van der Waals surface area contributed by atoms with Gasteiger partial charge in [-0.3, -0.25) is 9.69 Å². The SMILES string of the molecule is C/C1=C(/c2cc(C)c(Oc3ccc(OCc4ccc(C)cc4)cn3)c(Cl)c2)OC(=O)C(=O)OC2CN(Cc3ccc(CCOc4ccc(C(C)C)cc4)cc3)CCN2C1=O. The molecule has 0 saturated carbocycles. The number of benzene rings is 4. The van der Waals surface area contributed by atoms with Crippen molar-refractivity contribution in [2.24, 2.45) is 0 Å². The van der Waals surface area contributed by atoms with Gasteiger partial charge in [-0.05, 0) is 84.8 Å². The predicted molar refractivity (Wildman–Crippen MR) is 228 cm³/mol. The fraction of sp³-hybridized carbons (Fsp3) is 0.292. The van der Waals surface area contributed by atoms with Gasteiger partial charge in [0.1, 0.15) is 23.9 Å². The van der Waals surface area contributed by atoms with Gasteiger partial charge in [-0.15, -0.1) is 0 Å². The molecule has 1 fully saturated rings. The van der Waals surface area contributed by atoms with E-state index in [1.165, 1.54) is 22.1 Å². The number of amides is 1. The maximum absolute atomic E-state index is 14.0. The molecule has 0 spiro atoms. The van der Waals surface area contributed by atoms with Gasteiger partial charge < -0.3 is 28.6 Å². The number of fused-ring (bicyclic) bond motifs is 1. The quantitative estimate of drug-likeness (QED) is 0.0841. The zero-order chi connectivity index (χ0) is 42.3. The molecule has 7 rings (SSSR count). The molecule has 0 bridgehead atoms. The second kappa shape index (κ2) is 18.8. The number of aryl methyl sites for hydroxylation is 2. The van der Waals surface area contributed by atoms with Gasteiger partial charge in [-0.2, -0.15) is 0 Å². The zero-order valence-electron chi connectivity index (χ0n) is 34.4. The molecular weight excluding hydrogens is 782 g/mol. The number of carbonyl (C=O) groups is 3. The van der Waals surface area contributed by atoms with E-state index >= 15 is 0 Å². The molecule has 1 saturated heterocycles. The lowest BCUT2D eigenvalue weighted by atomic mass is 10.0. The highest BCUT2D eigenvalue weighted by Gasteiger charge is 2.39. The minimum atomic E-state index is -1.24. The Balaban J connectivity index is 0.976. The third kappa shape index (κ3) is 10.3. The van der Waals surface area contributed by atoms with Crippen LogP contribution in [0.3, 0.4) is 0 Å². The van der Waals surface area contributed by atoms with Crippen LogP contribution in [0.2, 0.25) is 5.02 Å². The Morgan fingerprint density at radius 2 is 1.50 bits per heavy atom. The van der Waals surface area contributed by atoms with Gasteiger partial charge in [0.25, 0.3) is 5.91 Å². The highest BCUT2D eigenvalue weighted by Crippen LogP contribution is 2.37. The summed E-state index contributed by atoms with van der Waals surface area (Å²) in [5.74, 6) is -0.461. The summed E-state index contributed by atoms with van der Waals surface area (Å²) in [6.07, 6.45) is 1.32. The second-order valence-electron chi connectivity index (χ2n) is 15.4. The molecule has 3 heterocycles. The van der Waals surface area contributed by atoms with Crippen molar-refractivity contribution in [3.63, 3.8) is 0 Å². The van der Waals surface area contributed by atoms with Crippen LogP contribution in [-0.4, -0.2) is 65.1 Å². The van der Waals surface area contributed by atoms with Gasteiger partial charge >= 0.3 is 11.9 Å². The molecule has 12 heteroatoms. The average Bonchev–Trinajstić information content (AvgIpc) is 3.27. The Morgan fingerprint density at radius 3 is 2.18 bits per heavy atom. The molecule has 60 heavy (non-hydrogen) atoms. The van der Waals surface area contributed by atoms with Gasteiger partial charge in [-0.25, -0.2) is 14.6 Å². The Bertz CT molecular complexity index is 2340. The molecule has 1 aromatic heterocycles. The highest BCUT2D eigenvalue weighted by atomic mass is 35.5. The standard InChI is InChI=1S/C48H48ClN3O8/c1-30(2)37-14-16-39(17-15-37)56-23-20-34-10-12-35(13-11-34)27-51-21-22-52-43(28-51)59-47(54)48(55)60-45(33(5)46(52)53)38-24-32(4)44(41(49)25-38)58-42-19-18-40(26-50-42)57-29-36-8-6-31(3)7-9-36/h6-19,24-26,30,43H,20-23,27-29H2,1-5H3/b45-33+. The van der Waals surface area contributed by atoms with Crippen LogP contribution < -0.4 is 14.2 Å². The van der Waals surface area contributed by atoms with Crippen molar-refractivity contribution in [2.75, 3.05) is 26.2 Å². The normalized spacial score (nSPS) is 17.3. The summed E-state index contributed by atoms with van der Waals surface area (Å²) in [6, 6.07) is 31.2. The lowest BCUT2D eigenvalue weighted by Gasteiger charge is -2.40. The maximum atomic E-state index is 14.0. The van der Waals surface area contributed by atoms with Crippen molar-refractivity contribution in [1.29, 1.82) is 0 Å². The summed E-state index contributed by atoms with van der Waals surface area (Å²) in [4.78, 5) is 48.2. The van der Waals surface area contributed by atoms with E-state index in [1.54, 1.807) is 38.2 Å². The van der Waals surface area contributed by atoms with Gasteiger partial charge in [0.15, 0.2) is 12.0 Å². The second-order valence-corrected chi connectivity index (χ2v) is 15.8. The largest absolute Gasteiger partial charge is 0.493 e. The number of pyridine rings is 1. The summed E-state index contributed by atoms with van der Waals surface area (Å²) in [7, 11) is 0. The zero-order valence-corrected chi connectivity index (χ0v) is 35.2. The van der Waals surface area contributed by atoms with E-state index in [-0.39, 0.29) is 35.3 Å². The number of ether oxygens (including phenoxy) is 5. The van der Waals surface area contributed by atoms with Crippen molar-refractivity contribution in [3.05, 3.63) is 153 Å². The monoisotopic (exact) mass is 829 g/mol. The van der Waals surface area contributed by atoms with E-state index in [1.807, 2.05) is 43.3 Å². The molecule has 1 atom stereocenters. The maximum Gasteiger partial charge on any atom is 0.422 e. The molecule has 1 unspecified atom stereocenters. The third-order valence-corrected chi connectivity index (χ3v) is 10.8. The van der Waals surface area contributed by atoms with Crippen molar-refractivity contribution in [1.82, 2.24) is 14.8 Å². The van der Waals surface area contributed by atoms with Gasteiger partial charge in [-0.1, -0.05) is 91.7 Å². The van der Waals surface area contributed by atoms with Crippen LogP contribution in [0.15, 0.2) is 109 Å². The van der Waals surface area contributed by atoms with E-state index in [0.717, 1.165) is 28.9 Å². The molecule has 0 radical (unpaired) electrons. The molecule has 11 nitrogen and oxygen atoms in total. The molecule has 310 valence electrons. The van der Waals surface area contributed by atoms with Crippen LogP contribution in [0.5, 0.6) is 23.1 Å². The van der Waals surface area contributed by atoms with E-state index in [9.17, 15) is 14.4 Å². The first kappa shape index (κ1) is 42.0. The van der Waals surface area contributed by atoms with Gasteiger partial charge in [0.2, 0.25) is 5.88 Å². The summed E-state index contributed by atoms with van der Waals surface area (Å²) in [5.41, 5.74) is 6.72. The minimum absolute atomic E-state index is 0.0932. The number of esters is 2. The Labute approximate surface area is 355 Å². The molecule has 4 aromatic carbocycles. The van der Waals surface area contributed by atoms with E-state index in [4.69, 9.17) is 35.3 Å². The molecule has 2 aliphatic heterocycles. The molecule has 0 N–H and O–H groups in total. The molecule has 5 aromatic rings. The van der Waals surface area contributed by atoms with E-state index in [0.29, 0.717) is 54.8 Å². The van der Waals surface area contributed by atoms with Crippen LogP contribution in [-0.2, 0) is 43.4 Å². The molecule has 0 aliphatic carbocycles. The number of hydrogen-bond donors (Lipinski definition) is 0. The third-order valence-electron chi connectivity index (χ3n) is 10.5. The van der Waals surface area contributed by atoms with Crippen molar-refractivity contribution in [3.8, 4) is 23.1 Å².